The first-order valence-corrected chi connectivity index (χ1v) is 5.40. The van der Waals surface area contributed by atoms with Crippen LogP contribution in [-0.2, 0) is 11.2 Å². The van der Waals surface area contributed by atoms with Gasteiger partial charge in [0, 0.05) is 12.4 Å². The van der Waals surface area contributed by atoms with Crippen LogP contribution in [0.5, 0.6) is 0 Å². The number of pyridine rings is 1. The highest BCUT2D eigenvalue weighted by molar-refractivity contribution is 5.79. The minimum Gasteiger partial charge on any atom is -0.394 e. The lowest BCUT2D eigenvalue weighted by Gasteiger charge is -2.27. The van der Waals surface area contributed by atoms with Crippen molar-refractivity contribution in [1.82, 2.24) is 10.3 Å². The highest BCUT2D eigenvalue weighted by atomic mass is 16.3. The van der Waals surface area contributed by atoms with Crippen molar-refractivity contribution < 1.29 is 9.90 Å². The van der Waals surface area contributed by atoms with Crippen LogP contribution in [0.4, 0.5) is 0 Å². The Morgan fingerprint density at radius 2 is 2.38 bits per heavy atom. The molecule has 4 nitrogen and oxygen atoms in total. The molecule has 0 aliphatic heterocycles. The van der Waals surface area contributed by atoms with E-state index >= 15 is 0 Å². The van der Waals surface area contributed by atoms with Crippen LogP contribution in [0.3, 0.4) is 0 Å². The molecule has 1 unspecified atom stereocenters. The molecule has 88 valence electrons. The highest BCUT2D eigenvalue weighted by Crippen LogP contribution is 2.08. The van der Waals surface area contributed by atoms with Crippen LogP contribution in [0.1, 0.15) is 25.8 Å². The molecule has 0 bridgehead atoms. The van der Waals surface area contributed by atoms with Gasteiger partial charge in [-0.15, -0.1) is 0 Å². The van der Waals surface area contributed by atoms with Gasteiger partial charge in [0.1, 0.15) is 0 Å². The summed E-state index contributed by atoms with van der Waals surface area (Å²) in [6.45, 7) is 3.71. The molecular weight excluding hydrogens is 204 g/mol. The summed E-state index contributed by atoms with van der Waals surface area (Å²) in [6, 6.07) is 3.66. The summed E-state index contributed by atoms with van der Waals surface area (Å²) in [5.41, 5.74) is 0.343. The molecule has 4 heteroatoms. The Morgan fingerprint density at radius 1 is 1.62 bits per heavy atom. The van der Waals surface area contributed by atoms with E-state index in [1.165, 1.54) is 0 Å². The number of hydrogen-bond donors (Lipinski definition) is 2. The number of rotatable bonds is 5. The summed E-state index contributed by atoms with van der Waals surface area (Å²) in [7, 11) is 0. The van der Waals surface area contributed by atoms with E-state index in [-0.39, 0.29) is 12.5 Å². The van der Waals surface area contributed by atoms with Gasteiger partial charge in [0.05, 0.1) is 18.6 Å². The molecule has 1 amide bonds. The van der Waals surface area contributed by atoms with Gasteiger partial charge in [-0.25, -0.2) is 0 Å². The van der Waals surface area contributed by atoms with Crippen LogP contribution >= 0.6 is 0 Å². The van der Waals surface area contributed by atoms with Gasteiger partial charge in [-0.05, 0) is 25.0 Å². The van der Waals surface area contributed by atoms with Crippen molar-refractivity contribution in [2.75, 3.05) is 6.61 Å². The van der Waals surface area contributed by atoms with Crippen LogP contribution in [-0.4, -0.2) is 28.1 Å². The van der Waals surface area contributed by atoms with Crippen LogP contribution < -0.4 is 5.32 Å². The number of carbonyl (C=O) groups is 1. The molecule has 0 spiro atoms. The maximum Gasteiger partial charge on any atom is 0.224 e. The van der Waals surface area contributed by atoms with E-state index < -0.39 is 5.54 Å². The average Bonchev–Trinajstić information content (AvgIpc) is 2.30. The Morgan fingerprint density at radius 3 is 2.88 bits per heavy atom. The normalized spacial score (nSPS) is 14.2. The SMILES string of the molecule is CCC(C)(CO)NC(=O)Cc1cccnc1. The molecule has 2 N–H and O–H groups in total. The minimum atomic E-state index is -0.528. The quantitative estimate of drug-likeness (QED) is 0.778. The van der Waals surface area contributed by atoms with Gasteiger partial charge < -0.3 is 10.4 Å². The van der Waals surface area contributed by atoms with Gasteiger partial charge in [-0.3, -0.25) is 9.78 Å². The minimum absolute atomic E-state index is 0.0533. The fraction of sp³-hybridized carbons (Fsp3) is 0.500. The number of hydrogen-bond acceptors (Lipinski definition) is 3. The fourth-order valence-corrected chi connectivity index (χ4v) is 1.31. The van der Waals surface area contributed by atoms with Gasteiger partial charge >= 0.3 is 0 Å². The van der Waals surface area contributed by atoms with Crippen LogP contribution in [0, 0.1) is 0 Å². The van der Waals surface area contributed by atoms with E-state index in [4.69, 9.17) is 0 Å². The summed E-state index contributed by atoms with van der Waals surface area (Å²) >= 11 is 0. The molecule has 0 radical (unpaired) electrons. The molecule has 0 aliphatic rings. The third-order valence-electron chi connectivity index (χ3n) is 2.66. The van der Waals surface area contributed by atoms with Crippen molar-refractivity contribution in [3.8, 4) is 0 Å². The van der Waals surface area contributed by atoms with Gasteiger partial charge in [-0.1, -0.05) is 13.0 Å². The molecule has 1 aromatic rings. The standard InChI is InChI=1S/C12H18N2O2/c1-3-12(2,9-15)14-11(16)7-10-5-4-6-13-8-10/h4-6,8,15H,3,7,9H2,1-2H3,(H,14,16). The Bertz CT molecular complexity index is 334. The molecular formula is C12H18N2O2. The Balaban J connectivity index is 2.54. The van der Waals surface area contributed by atoms with Crippen molar-refractivity contribution in [2.24, 2.45) is 0 Å². The first kappa shape index (κ1) is 12.6. The van der Waals surface area contributed by atoms with Crippen molar-refractivity contribution in [2.45, 2.75) is 32.2 Å². The van der Waals surface area contributed by atoms with E-state index in [1.54, 1.807) is 18.5 Å². The summed E-state index contributed by atoms with van der Waals surface area (Å²) in [6.07, 6.45) is 4.33. The van der Waals surface area contributed by atoms with Crippen molar-refractivity contribution in [3.63, 3.8) is 0 Å². The second-order valence-electron chi connectivity index (χ2n) is 4.16. The van der Waals surface area contributed by atoms with Crippen LogP contribution in [0.15, 0.2) is 24.5 Å². The van der Waals surface area contributed by atoms with E-state index in [0.717, 1.165) is 5.56 Å². The number of amides is 1. The van der Waals surface area contributed by atoms with Crippen molar-refractivity contribution >= 4 is 5.91 Å². The first-order chi connectivity index (χ1) is 7.59. The molecule has 0 aromatic carbocycles. The van der Waals surface area contributed by atoms with Gasteiger partial charge in [-0.2, -0.15) is 0 Å². The van der Waals surface area contributed by atoms with E-state index in [2.05, 4.69) is 10.3 Å². The van der Waals surface area contributed by atoms with Crippen LogP contribution in [0.2, 0.25) is 0 Å². The van der Waals surface area contributed by atoms with E-state index in [0.29, 0.717) is 12.8 Å². The molecule has 1 atom stereocenters. The highest BCUT2D eigenvalue weighted by Gasteiger charge is 2.22. The van der Waals surface area contributed by atoms with E-state index in [1.807, 2.05) is 19.9 Å². The molecule has 0 fully saturated rings. The zero-order chi connectivity index (χ0) is 12.0. The summed E-state index contributed by atoms with van der Waals surface area (Å²) in [4.78, 5) is 15.6. The molecule has 1 rings (SSSR count). The number of aliphatic hydroxyl groups excluding tert-OH is 1. The second-order valence-corrected chi connectivity index (χ2v) is 4.16. The molecule has 1 heterocycles. The topological polar surface area (TPSA) is 62.2 Å². The molecule has 16 heavy (non-hydrogen) atoms. The van der Waals surface area contributed by atoms with Gasteiger partial charge in [0.2, 0.25) is 5.91 Å². The smallest absolute Gasteiger partial charge is 0.224 e. The summed E-state index contributed by atoms with van der Waals surface area (Å²) < 4.78 is 0. The predicted molar refractivity (Wildman–Crippen MR) is 61.9 cm³/mol. The fourth-order valence-electron chi connectivity index (χ4n) is 1.31. The lowest BCUT2D eigenvalue weighted by molar-refractivity contribution is -0.122. The van der Waals surface area contributed by atoms with Crippen molar-refractivity contribution in [3.05, 3.63) is 30.1 Å². The number of aliphatic hydroxyl groups is 1. The average molecular weight is 222 g/mol. The van der Waals surface area contributed by atoms with Crippen LogP contribution in [0.25, 0.3) is 0 Å². The Labute approximate surface area is 95.7 Å². The zero-order valence-electron chi connectivity index (χ0n) is 9.73. The zero-order valence-corrected chi connectivity index (χ0v) is 9.73. The maximum absolute atomic E-state index is 11.7. The first-order valence-electron chi connectivity index (χ1n) is 5.40. The second kappa shape index (κ2) is 5.61. The summed E-state index contributed by atoms with van der Waals surface area (Å²) in [5.74, 6) is -0.0913. The van der Waals surface area contributed by atoms with E-state index in [9.17, 15) is 9.90 Å². The molecule has 0 saturated carbocycles. The Kier molecular flexibility index (Phi) is 4.43. The number of nitrogens with one attached hydrogen (secondary N) is 1. The molecule has 0 aliphatic carbocycles. The molecule has 0 saturated heterocycles. The van der Waals surface area contributed by atoms with Crippen molar-refractivity contribution in [1.29, 1.82) is 0 Å². The monoisotopic (exact) mass is 222 g/mol. The lowest BCUT2D eigenvalue weighted by Crippen LogP contribution is -2.48. The molecule has 1 aromatic heterocycles. The number of carbonyl (C=O) groups excluding carboxylic acids is 1. The summed E-state index contributed by atoms with van der Waals surface area (Å²) in [5, 5.41) is 12.0. The number of aromatic nitrogens is 1. The largest absolute Gasteiger partial charge is 0.394 e. The third-order valence-corrected chi connectivity index (χ3v) is 2.66. The lowest BCUT2D eigenvalue weighted by atomic mass is 10.00. The predicted octanol–water partition coefficient (Wildman–Crippen LogP) is 0.901. The van der Waals surface area contributed by atoms with Gasteiger partial charge in [0.25, 0.3) is 0 Å². The maximum atomic E-state index is 11.7. The Hall–Kier alpha value is -1.42. The van der Waals surface area contributed by atoms with Gasteiger partial charge in [0.15, 0.2) is 0 Å². The number of nitrogens with zero attached hydrogens (tertiary/aromatic N) is 1. The third kappa shape index (κ3) is 3.62.